The number of unbranched alkanes of at least 4 members (excludes halogenated alkanes) is 46. The van der Waals surface area contributed by atoms with Crippen LogP contribution in [-0.4, -0.2) is 99.6 Å². The van der Waals surface area contributed by atoms with Crippen LogP contribution in [0.5, 0.6) is 0 Å². The van der Waals surface area contributed by atoms with E-state index in [-0.39, 0.29) is 13.0 Å². The van der Waals surface area contributed by atoms with Gasteiger partial charge < -0.3 is 45.1 Å². The van der Waals surface area contributed by atoms with E-state index in [1.807, 2.05) is 6.08 Å². The highest BCUT2D eigenvalue weighted by Crippen LogP contribution is 2.27. The number of ether oxygens (including phenoxy) is 3. The molecule has 1 aliphatic heterocycles. The van der Waals surface area contributed by atoms with Crippen LogP contribution in [0.2, 0.25) is 0 Å². The van der Waals surface area contributed by atoms with Crippen molar-refractivity contribution in [2.75, 3.05) is 13.2 Å². The van der Waals surface area contributed by atoms with Gasteiger partial charge >= 0.3 is 5.97 Å². The number of nitrogens with one attached hydrogen (secondary N) is 1. The van der Waals surface area contributed by atoms with Gasteiger partial charge in [0.15, 0.2) is 12.4 Å². The van der Waals surface area contributed by atoms with Crippen molar-refractivity contribution in [3.05, 3.63) is 48.6 Å². The molecule has 0 aromatic rings. The Morgan fingerprint density at radius 2 is 0.784 bits per heavy atom. The lowest BCUT2D eigenvalue weighted by molar-refractivity contribution is -0.305. The number of hydrogen-bond acceptors (Lipinski definition) is 10. The molecule has 0 saturated carbocycles. The number of rotatable bonds is 66. The van der Waals surface area contributed by atoms with E-state index in [9.17, 15) is 35.1 Å². The molecule has 8 atom stereocenters. The van der Waals surface area contributed by atoms with Crippen LogP contribution < -0.4 is 5.32 Å². The maximum Gasteiger partial charge on any atom is 0.306 e. The maximum absolute atomic E-state index is 13.5. The van der Waals surface area contributed by atoms with Crippen LogP contribution >= 0.6 is 0 Å². The number of carbonyl (C=O) groups excluding carboxylic acids is 2. The lowest BCUT2D eigenvalue weighted by Gasteiger charge is -2.41. The van der Waals surface area contributed by atoms with Crippen molar-refractivity contribution in [2.45, 2.75) is 416 Å². The van der Waals surface area contributed by atoms with E-state index in [0.29, 0.717) is 19.3 Å². The number of esters is 1. The van der Waals surface area contributed by atoms with Gasteiger partial charge in [-0.2, -0.15) is 0 Å². The average molecular weight is 1240 g/mol. The van der Waals surface area contributed by atoms with Crippen molar-refractivity contribution in [3.8, 4) is 0 Å². The Kier molecular flexibility index (Phi) is 61.5. The molecular formula is C77H143NO10. The number of carbonyl (C=O) groups is 2. The smallest absolute Gasteiger partial charge is 0.306 e. The summed E-state index contributed by atoms with van der Waals surface area (Å²) in [6, 6.07) is -1.02. The van der Waals surface area contributed by atoms with Crippen LogP contribution in [0.4, 0.5) is 0 Å². The predicted octanol–water partition coefficient (Wildman–Crippen LogP) is 19.9. The number of hydrogen-bond donors (Lipinski definition) is 6. The van der Waals surface area contributed by atoms with E-state index in [1.54, 1.807) is 6.08 Å². The first-order valence-corrected chi connectivity index (χ1v) is 37.9. The first-order chi connectivity index (χ1) is 43.2. The zero-order chi connectivity index (χ0) is 63.9. The number of aliphatic hydroxyl groups excluding tert-OH is 5. The van der Waals surface area contributed by atoms with Gasteiger partial charge in [-0.3, -0.25) is 9.59 Å². The van der Waals surface area contributed by atoms with Gasteiger partial charge in [-0.25, -0.2) is 0 Å². The standard InChI is InChI=1S/C77H143NO10/c1-4-7-10-13-16-19-22-25-27-29-31-33-34-35-36-37-38-39-41-43-45-47-50-53-56-59-62-65-72(82)88-75-74(84)73(83)71(66-79)87-77(75)86-67-68(69(80)63-60-57-54-51-48-24-21-18-15-12-9-6-3)78-76(85)70(81)64-61-58-55-52-49-46-44-42-40-32-30-28-26-23-20-17-14-11-8-5-2/h16,19,25,27,31,33,60,63,68-71,73-75,77,79-81,83-84H,4-15,17-18,20-24,26,28-30,32,34-59,61-62,64-67H2,1-3H3,(H,78,85)/b19-16-,27-25-,33-31-,63-60+. The summed E-state index contributed by atoms with van der Waals surface area (Å²) >= 11 is 0. The molecule has 8 unspecified atom stereocenters. The van der Waals surface area contributed by atoms with Gasteiger partial charge in [0.2, 0.25) is 5.91 Å². The molecule has 1 heterocycles. The van der Waals surface area contributed by atoms with Crippen molar-refractivity contribution in [1.82, 2.24) is 5.32 Å². The average Bonchev–Trinajstić information content (AvgIpc) is 1.29. The molecule has 0 bridgehead atoms. The van der Waals surface area contributed by atoms with E-state index in [1.165, 1.54) is 250 Å². The molecule has 1 aliphatic rings. The van der Waals surface area contributed by atoms with Crippen LogP contribution in [0.3, 0.4) is 0 Å². The Hall–Kier alpha value is -2.38. The van der Waals surface area contributed by atoms with Gasteiger partial charge in [0.25, 0.3) is 0 Å². The normalized spacial score (nSPS) is 18.4. The fraction of sp³-hybridized carbons (Fsp3) is 0.870. The highest BCUT2D eigenvalue weighted by molar-refractivity contribution is 5.80. The van der Waals surface area contributed by atoms with Gasteiger partial charge in [-0.15, -0.1) is 0 Å². The van der Waals surface area contributed by atoms with Gasteiger partial charge in [-0.1, -0.05) is 345 Å². The second kappa shape index (κ2) is 64.7. The van der Waals surface area contributed by atoms with E-state index in [0.717, 1.165) is 70.6 Å². The molecule has 1 fully saturated rings. The monoisotopic (exact) mass is 1240 g/mol. The van der Waals surface area contributed by atoms with Crippen molar-refractivity contribution < 1.29 is 49.3 Å². The maximum atomic E-state index is 13.5. The molecule has 0 aliphatic carbocycles. The minimum absolute atomic E-state index is 0.125. The summed E-state index contributed by atoms with van der Waals surface area (Å²) in [7, 11) is 0. The molecule has 6 N–H and O–H groups in total. The molecule has 88 heavy (non-hydrogen) atoms. The third-order valence-corrected chi connectivity index (χ3v) is 18.0. The first-order valence-electron chi connectivity index (χ1n) is 37.9. The quantitative estimate of drug-likeness (QED) is 0.0195. The van der Waals surface area contributed by atoms with Crippen LogP contribution in [0.25, 0.3) is 0 Å². The Balaban J connectivity index is 2.51. The summed E-state index contributed by atoms with van der Waals surface area (Å²) in [5, 5.41) is 57.3. The first kappa shape index (κ1) is 83.6. The zero-order valence-electron chi connectivity index (χ0n) is 57.6. The lowest BCUT2D eigenvalue weighted by atomic mass is 9.99. The molecule has 0 aromatic heterocycles. The third kappa shape index (κ3) is 51.2. The Morgan fingerprint density at radius 1 is 0.443 bits per heavy atom. The lowest BCUT2D eigenvalue weighted by Crippen LogP contribution is -2.61. The third-order valence-electron chi connectivity index (χ3n) is 18.0. The number of allylic oxidation sites excluding steroid dienone is 7. The SMILES string of the molecule is CCCCC/C=C\C/C=C\C/C=C\CCCCCCCCCCCCCCCCC(=O)OC1C(OCC(NC(=O)C(O)CCCCCCCCCCCCCCCCCCCCCC)C(O)/C=C/CCCCCCCCCCCC)OC(CO)C(O)C1O. The predicted molar refractivity (Wildman–Crippen MR) is 370 cm³/mol. The highest BCUT2D eigenvalue weighted by atomic mass is 16.7. The summed E-state index contributed by atoms with van der Waals surface area (Å²) in [6.45, 7) is 5.82. The topological polar surface area (TPSA) is 175 Å². The molecule has 11 heteroatoms. The number of aliphatic hydroxyl groups is 5. The molecule has 0 aromatic carbocycles. The summed E-state index contributed by atoms with van der Waals surface area (Å²) < 4.78 is 17.7. The fourth-order valence-corrected chi connectivity index (χ4v) is 12.0. The summed E-state index contributed by atoms with van der Waals surface area (Å²) in [5.41, 5.74) is 0. The second-order valence-corrected chi connectivity index (χ2v) is 26.4. The van der Waals surface area contributed by atoms with Crippen molar-refractivity contribution in [2.24, 2.45) is 0 Å². The van der Waals surface area contributed by atoms with E-state index in [4.69, 9.17) is 14.2 Å². The molecule has 0 radical (unpaired) electrons. The molecule has 516 valence electrons. The van der Waals surface area contributed by atoms with Gasteiger partial charge in [0.1, 0.15) is 24.4 Å². The van der Waals surface area contributed by atoms with Crippen molar-refractivity contribution in [1.29, 1.82) is 0 Å². The molecular weight excluding hydrogens is 1100 g/mol. The number of amides is 1. The van der Waals surface area contributed by atoms with Crippen molar-refractivity contribution in [3.63, 3.8) is 0 Å². The van der Waals surface area contributed by atoms with Gasteiger partial charge in [-0.05, 0) is 64.2 Å². The molecule has 1 rings (SSSR count). The summed E-state index contributed by atoms with van der Waals surface area (Å²) in [5.74, 6) is -1.18. The molecule has 11 nitrogen and oxygen atoms in total. The zero-order valence-corrected chi connectivity index (χ0v) is 57.6. The van der Waals surface area contributed by atoms with Crippen LogP contribution in [0, 0.1) is 0 Å². The largest absolute Gasteiger partial charge is 0.454 e. The minimum atomic E-state index is -1.61. The Bertz CT molecular complexity index is 1620. The van der Waals surface area contributed by atoms with Crippen LogP contribution in [0.1, 0.15) is 367 Å². The van der Waals surface area contributed by atoms with Gasteiger partial charge in [0, 0.05) is 6.42 Å². The molecule has 1 saturated heterocycles. The Labute approximate surface area is 542 Å². The highest BCUT2D eigenvalue weighted by Gasteiger charge is 2.47. The van der Waals surface area contributed by atoms with Crippen molar-refractivity contribution >= 4 is 11.9 Å². The van der Waals surface area contributed by atoms with Crippen LogP contribution in [-0.2, 0) is 23.8 Å². The minimum Gasteiger partial charge on any atom is -0.454 e. The summed E-state index contributed by atoms with van der Waals surface area (Å²) in [6.07, 6.45) is 71.6. The molecule has 1 amide bonds. The van der Waals surface area contributed by atoms with Crippen LogP contribution in [0.15, 0.2) is 48.6 Å². The summed E-state index contributed by atoms with van der Waals surface area (Å²) in [4.78, 5) is 26.7. The van der Waals surface area contributed by atoms with E-state index < -0.39 is 67.4 Å². The fourth-order valence-electron chi connectivity index (χ4n) is 12.0. The second-order valence-electron chi connectivity index (χ2n) is 26.4. The molecule has 0 spiro atoms. The van der Waals surface area contributed by atoms with E-state index in [2.05, 4.69) is 62.5 Å². The Morgan fingerprint density at radius 3 is 1.19 bits per heavy atom. The van der Waals surface area contributed by atoms with E-state index >= 15 is 0 Å². The van der Waals surface area contributed by atoms with Gasteiger partial charge in [0.05, 0.1) is 25.4 Å².